The second-order valence-electron chi connectivity index (χ2n) is 4.46. The summed E-state index contributed by atoms with van der Waals surface area (Å²) in [5, 5.41) is 5.21. The minimum Gasteiger partial charge on any atom is -0.487 e. The average Bonchev–Trinajstić information content (AvgIpc) is 2.76. The zero-order valence-electron chi connectivity index (χ0n) is 11.1. The monoisotopic (exact) mass is 318 g/mol. The molecule has 0 aliphatic rings. The summed E-state index contributed by atoms with van der Waals surface area (Å²) in [5.41, 5.74) is 0.731. The summed E-state index contributed by atoms with van der Waals surface area (Å²) in [4.78, 5) is 4.54. The van der Waals surface area contributed by atoms with E-state index in [1.807, 2.05) is 13.8 Å². The number of fused-ring (bicyclic) bond motifs is 1. The summed E-state index contributed by atoms with van der Waals surface area (Å²) >= 11 is 13.9. The van der Waals surface area contributed by atoms with Crippen molar-refractivity contribution >= 4 is 49.9 Å². The van der Waals surface area contributed by atoms with E-state index >= 15 is 0 Å². The highest BCUT2D eigenvalue weighted by atomic mass is 35.5. The molecule has 0 bridgehead atoms. The maximum absolute atomic E-state index is 6.22. The molecule has 0 amide bonds. The van der Waals surface area contributed by atoms with Gasteiger partial charge in [0.15, 0.2) is 10.9 Å². The van der Waals surface area contributed by atoms with E-state index in [-0.39, 0.29) is 6.10 Å². The van der Waals surface area contributed by atoms with Gasteiger partial charge in [-0.25, -0.2) is 4.98 Å². The number of rotatable bonds is 5. The highest BCUT2D eigenvalue weighted by Gasteiger charge is 2.17. The third kappa shape index (κ3) is 3.25. The van der Waals surface area contributed by atoms with Gasteiger partial charge >= 0.3 is 0 Å². The van der Waals surface area contributed by atoms with Crippen molar-refractivity contribution in [3.8, 4) is 5.75 Å². The molecule has 1 N–H and O–H groups in total. The molecule has 0 atom stereocenters. The van der Waals surface area contributed by atoms with Crippen molar-refractivity contribution in [2.45, 2.75) is 33.3 Å². The molecule has 0 radical (unpaired) electrons. The fourth-order valence-corrected chi connectivity index (χ4v) is 3.16. The molecule has 6 heteroatoms. The normalized spacial score (nSPS) is 11.3. The van der Waals surface area contributed by atoms with E-state index in [9.17, 15) is 0 Å². The smallest absolute Gasteiger partial charge is 0.183 e. The Balaban J connectivity index is 2.50. The molecule has 0 saturated carbocycles. The number of nitrogens with one attached hydrogen (secondary N) is 1. The standard InChI is InChI=1S/C13H16Cl2N2OS/c1-4-5-16-13-17-10-11(18-7(2)3)8(14)6-9(15)12(10)19-13/h6-7H,4-5H2,1-3H3,(H,16,17). The molecule has 0 spiro atoms. The van der Waals surface area contributed by atoms with Gasteiger partial charge in [0.1, 0.15) is 5.52 Å². The van der Waals surface area contributed by atoms with Crippen LogP contribution in [0.2, 0.25) is 10.0 Å². The lowest BCUT2D eigenvalue weighted by Crippen LogP contribution is -2.06. The van der Waals surface area contributed by atoms with Crippen molar-refractivity contribution in [3.63, 3.8) is 0 Å². The topological polar surface area (TPSA) is 34.2 Å². The van der Waals surface area contributed by atoms with E-state index in [1.165, 1.54) is 11.3 Å². The number of halogens is 2. The fraction of sp³-hybridized carbons (Fsp3) is 0.462. The first-order chi connectivity index (χ1) is 9.02. The predicted octanol–water partition coefficient (Wildman–Crippen LogP) is 5.21. The van der Waals surface area contributed by atoms with Crippen molar-refractivity contribution in [2.75, 3.05) is 11.9 Å². The number of hydrogen-bond acceptors (Lipinski definition) is 4. The second kappa shape index (κ2) is 6.16. The van der Waals surface area contributed by atoms with E-state index in [0.717, 1.165) is 28.3 Å². The average molecular weight is 319 g/mol. The first kappa shape index (κ1) is 14.7. The van der Waals surface area contributed by atoms with E-state index in [2.05, 4.69) is 17.2 Å². The van der Waals surface area contributed by atoms with Crippen LogP contribution in [0.15, 0.2) is 6.07 Å². The lowest BCUT2D eigenvalue weighted by molar-refractivity contribution is 0.245. The second-order valence-corrected chi connectivity index (χ2v) is 6.27. The summed E-state index contributed by atoms with van der Waals surface area (Å²) in [6.45, 7) is 6.90. The Morgan fingerprint density at radius 3 is 2.74 bits per heavy atom. The van der Waals surface area contributed by atoms with Crippen LogP contribution in [0.1, 0.15) is 27.2 Å². The van der Waals surface area contributed by atoms with Gasteiger partial charge in [-0.2, -0.15) is 0 Å². The van der Waals surface area contributed by atoms with Crippen molar-refractivity contribution in [1.82, 2.24) is 4.98 Å². The van der Waals surface area contributed by atoms with Crippen molar-refractivity contribution in [1.29, 1.82) is 0 Å². The molecule has 104 valence electrons. The largest absolute Gasteiger partial charge is 0.487 e. The molecule has 0 unspecified atom stereocenters. The molecule has 3 nitrogen and oxygen atoms in total. The Morgan fingerprint density at radius 2 is 2.11 bits per heavy atom. The van der Waals surface area contributed by atoms with Gasteiger partial charge < -0.3 is 10.1 Å². The van der Waals surface area contributed by atoms with Crippen LogP contribution in [0.5, 0.6) is 5.75 Å². The Bertz CT molecular complexity index is 584. The van der Waals surface area contributed by atoms with Crippen LogP contribution in [0.4, 0.5) is 5.13 Å². The molecule has 2 aromatic rings. The molecule has 1 aromatic heterocycles. The van der Waals surface area contributed by atoms with Crippen molar-refractivity contribution in [2.24, 2.45) is 0 Å². The summed E-state index contributed by atoms with van der Waals surface area (Å²) in [6.07, 6.45) is 1.08. The molecule has 0 fully saturated rings. The van der Waals surface area contributed by atoms with E-state index < -0.39 is 0 Å². The highest BCUT2D eigenvalue weighted by Crippen LogP contribution is 2.42. The van der Waals surface area contributed by atoms with Gasteiger partial charge in [0.05, 0.1) is 20.8 Å². The Kier molecular flexibility index (Phi) is 4.76. The molecule has 0 aliphatic heterocycles. The van der Waals surface area contributed by atoms with Gasteiger partial charge in [0.25, 0.3) is 0 Å². The molecular weight excluding hydrogens is 303 g/mol. The van der Waals surface area contributed by atoms with Gasteiger partial charge in [0.2, 0.25) is 0 Å². The zero-order valence-corrected chi connectivity index (χ0v) is 13.4. The third-order valence-corrected chi connectivity index (χ3v) is 4.15. The van der Waals surface area contributed by atoms with E-state index in [1.54, 1.807) is 6.07 Å². The zero-order chi connectivity index (χ0) is 14.0. The minimum absolute atomic E-state index is 0.0376. The van der Waals surface area contributed by atoms with Gasteiger partial charge in [0, 0.05) is 6.54 Å². The first-order valence-electron chi connectivity index (χ1n) is 6.22. The lowest BCUT2D eigenvalue weighted by atomic mass is 10.3. The summed E-state index contributed by atoms with van der Waals surface area (Å²) < 4.78 is 6.66. The number of nitrogens with zero attached hydrogens (tertiary/aromatic N) is 1. The van der Waals surface area contributed by atoms with Gasteiger partial charge in [-0.05, 0) is 26.3 Å². The Labute approximate surface area is 126 Å². The first-order valence-corrected chi connectivity index (χ1v) is 7.79. The molecule has 1 heterocycles. The minimum atomic E-state index is 0.0376. The highest BCUT2D eigenvalue weighted by molar-refractivity contribution is 7.22. The number of anilines is 1. The molecule has 2 rings (SSSR count). The number of aromatic nitrogens is 1. The molecule has 0 saturated heterocycles. The number of thiazole rings is 1. The summed E-state index contributed by atoms with van der Waals surface area (Å²) in [5.74, 6) is 0.608. The van der Waals surface area contributed by atoms with Crippen molar-refractivity contribution in [3.05, 3.63) is 16.1 Å². The van der Waals surface area contributed by atoms with Gasteiger partial charge in [-0.3, -0.25) is 0 Å². The van der Waals surface area contributed by atoms with E-state index in [4.69, 9.17) is 27.9 Å². The van der Waals surface area contributed by atoms with Gasteiger partial charge in [-0.1, -0.05) is 41.5 Å². The Hall–Kier alpha value is -0.710. The van der Waals surface area contributed by atoms with Crippen LogP contribution < -0.4 is 10.1 Å². The molecule has 1 aromatic carbocycles. The molecule has 0 aliphatic carbocycles. The number of benzene rings is 1. The lowest BCUT2D eigenvalue weighted by Gasteiger charge is -2.12. The third-order valence-electron chi connectivity index (χ3n) is 2.41. The van der Waals surface area contributed by atoms with Crippen LogP contribution >= 0.6 is 34.5 Å². The quantitative estimate of drug-likeness (QED) is 0.821. The number of ether oxygens (including phenoxy) is 1. The van der Waals surface area contributed by atoms with E-state index in [0.29, 0.717) is 15.8 Å². The van der Waals surface area contributed by atoms with Crippen LogP contribution in [0, 0.1) is 0 Å². The fourth-order valence-electron chi connectivity index (χ4n) is 1.65. The predicted molar refractivity (Wildman–Crippen MR) is 84.2 cm³/mol. The Morgan fingerprint density at radius 1 is 1.37 bits per heavy atom. The van der Waals surface area contributed by atoms with Gasteiger partial charge in [-0.15, -0.1) is 0 Å². The van der Waals surface area contributed by atoms with Crippen LogP contribution in [-0.4, -0.2) is 17.6 Å². The van der Waals surface area contributed by atoms with Crippen molar-refractivity contribution < 1.29 is 4.74 Å². The maximum Gasteiger partial charge on any atom is 0.183 e. The summed E-state index contributed by atoms with van der Waals surface area (Å²) in [6, 6.07) is 1.71. The molecule has 19 heavy (non-hydrogen) atoms. The van der Waals surface area contributed by atoms with Crippen LogP contribution in [0.25, 0.3) is 10.2 Å². The SMILES string of the molecule is CCCNc1nc2c(OC(C)C)c(Cl)cc(Cl)c2s1. The van der Waals surface area contributed by atoms with Crippen LogP contribution in [-0.2, 0) is 0 Å². The van der Waals surface area contributed by atoms with Crippen LogP contribution in [0.3, 0.4) is 0 Å². The number of hydrogen-bond donors (Lipinski definition) is 1. The summed E-state index contributed by atoms with van der Waals surface area (Å²) in [7, 11) is 0. The maximum atomic E-state index is 6.22. The molecular formula is C13H16Cl2N2OS.